The van der Waals surface area contributed by atoms with E-state index >= 15 is 0 Å². The molecular formula is C13H13N5O. The molecule has 1 atom stereocenters. The molecule has 0 spiro atoms. The molecule has 2 aromatic heterocycles. The van der Waals surface area contributed by atoms with Gasteiger partial charge in [-0.1, -0.05) is 12.1 Å². The molecule has 2 heterocycles. The van der Waals surface area contributed by atoms with Crippen molar-refractivity contribution in [1.29, 1.82) is 0 Å². The molecule has 0 aliphatic rings. The molecule has 1 aromatic carbocycles. The molecule has 0 fully saturated rings. The van der Waals surface area contributed by atoms with E-state index in [0.29, 0.717) is 18.0 Å². The fourth-order valence-electron chi connectivity index (χ4n) is 1.99. The number of rotatable bonds is 3. The average Bonchev–Trinajstić information content (AvgIpc) is 2.85. The first-order valence-electron chi connectivity index (χ1n) is 5.93. The summed E-state index contributed by atoms with van der Waals surface area (Å²) >= 11 is 0. The number of hydrogen-bond donors (Lipinski definition) is 2. The van der Waals surface area contributed by atoms with Gasteiger partial charge in [0, 0.05) is 12.4 Å². The van der Waals surface area contributed by atoms with E-state index in [1.54, 1.807) is 22.7 Å². The van der Waals surface area contributed by atoms with Gasteiger partial charge in [0.05, 0.1) is 6.04 Å². The number of nitrogens with two attached hydrogens (primary N) is 1. The number of phenolic OH excluding ortho intramolecular Hbond substituents is 1. The molecule has 0 aliphatic carbocycles. The van der Waals surface area contributed by atoms with E-state index in [0.717, 1.165) is 5.56 Å². The first-order valence-corrected chi connectivity index (χ1v) is 5.93. The van der Waals surface area contributed by atoms with Crippen molar-refractivity contribution in [2.75, 3.05) is 0 Å². The molecule has 3 aromatic rings. The highest BCUT2D eigenvalue weighted by Crippen LogP contribution is 2.17. The molecule has 19 heavy (non-hydrogen) atoms. The van der Waals surface area contributed by atoms with E-state index in [4.69, 9.17) is 5.73 Å². The Morgan fingerprint density at radius 1 is 1.21 bits per heavy atom. The first kappa shape index (κ1) is 11.6. The lowest BCUT2D eigenvalue weighted by Gasteiger charge is -2.09. The third-order valence-corrected chi connectivity index (χ3v) is 2.94. The van der Waals surface area contributed by atoms with Crippen LogP contribution in [-0.2, 0) is 6.42 Å². The third-order valence-electron chi connectivity index (χ3n) is 2.94. The molecule has 0 saturated carbocycles. The maximum Gasteiger partial charge on any atom is 0.254 e. The van der Waals surface area contributed by atoms with Crippen LogP contribution in [0, 0.1) is 0 Å². The summed E-state index contributed by atoms with van der Waals surface area (Å²) in [5.41, 5.74) is 7.20. The normalized spacial score (nSPS) is 12.7. The number of phenols is 1. The summed E-state index contributed by atoms with van der Waals surface area (Å²) in [5, 5.41) is 17.3. The fourth-order valence-corrected chi connectivity index (χ4v) is 1.99. The van der Waals surface area contributed by atoms with Crippen LogP contribution in [0.1, 0.15) is 17.4 Å². The molecule has 0 aliphatic heterocycles. The van der Waals surface area contributed by atoms with Crippen molar-refractivity contribution in [1.82, 2.24) is 19.6 Å². The Bertz CT molecular complexity index is 692. The molecular weight excluding hydrogens is 242 g/mol. The van der Waals surface area contributed by atoms with Gasteiger partial charge in [-0.3, -0.25) is 4.40 Å². The van der Waals surface area contributed by atoms with Crippen LogP contribution in [0.3, 0.4) is 0 Å². The molecule has 3 rings (SSSR count). The van der Waals surface area contributed by atoms with Gasteiger partial charge < -0.3 is 10.8 Å². The lowest BCUT2D eigenvalue weighted by atomic mass is 10.1. The SMILES string of the molecule is NC(Cc1ccc(O)cc1)c1nnc2ncccn12. The van der Waals surface area contributed by atoms with Crippen LogP contribution >= 0.6 is 0 Å². The van der Waals surface area contributed by atoms with Crippen molar-refractivity contribution in [2.45, 2.75) is 12.5 Å². The van der Waals surface area contributed by atoms with Crippen LogP contribution in [0.4, 0.5) is 0 Å². The fraction of sp³-hybridized carbons (Fsp3) is 0.154. The molecule has 96 valence electrons. The van der Waals surface area contributed by atoms with Gasteiger partial charge >= 0.3 is 0 Å². The van der Waals surface area contributed by atoms with E-state index in [-0.39, 0.29) is 11.8 Å². The van der Waals surface area contributed by atoms with Crippen LogP contribution in [0.15, 0.2) is 42.7 Å². The van der Waals surface area contributed by atoms with Crippen molar-refractivity contribution >= 4 is 5.78 Å². The van der Waals surface area contributed by atoms with Crippen LogP contribution < -0.4 is 5.73 Å². The summed E-state index contributed by atoms with van der Waals surface area (Å²) < 4.78 is 1.78. The molecule has 6 heteroatoms. The van der Waals surface area contributed by atoms with E-state index in [1.807, 2.05) is 24.4 Å². The lowest BCUT2D eigenvalue weighted by Crippen LogP contribution is -2.16. The van der Waals surface area contributed by atoms with Crippen LogP contribution in [-0.4, -0.2) is 24.7 Å². The molecule has 0 bridgehead atoms. The van der Waals surface area contributed by atoms with Gasteiger partial charge in [-0.25, -0.2) is 4.98 Å². The lowest BCUT2D eigenvalue weighted by molar-refractivity contribution is 0.475. The summed E-state index contributed by atoms with van der Waals surface area (Å²) in [6.07, 6.45) is 4.13. The minimum Gasteiger partial charge on any atom is -0.508 e. The topological polar surface area (TPSA) is 89.3 Å². The number of fused-ring (bicyclic) bond motifs is 1. The summed E-state index contributed by atoms with van der Waals surface area (Å²) in [4.78, 5) is 4.10. The predicted molar refractivity (Wildman–Crippen MR) is 69.5 cm³/mol. The minimum absolute atomic E-state index is 0.245. The van der Waals surface area contributed by atoms with Crippen molar-refractivity contribution in [3.63, 3.8) is 0 Å². The van der Waals surface area contributed by atoms with Crippen molar-refractivity contribution in [2.24, 2.45) is 5.73 Å². The highest BCUT2D eigenvalue weighted by atomic mass is 16.3. The van der Waals surface area contributed by atoms with E-state index in [2.05, 4.69) is 15.2 Å². The molecule has 1 unspecified atom stereocenters. The summed E-state index contributed by atoms with van der Waals surface area (Å²) in [7, 11) is 0. The van der Waals surface area contributed by atoms with Gasteiger partial charge in [-0.15, -0.1) is 10.2 Å². The summed E-state index contributed by atoms with van der Waals surface area (Å²) in [6, 6.07) is 8.51. The second-order valence-electron chi connectivity index (χ2n) is 4.32. The maximum absolute atomic E-state index is 9.25. The van der Waals surface area contributed by atoms with Gasteiger partial charge in [0.25, 0.3) is 5.78 Å². The van der Waals surface area contributed by atoms with E-state index in [9.17, 15) is 5.11 Å². The average molecular weight is 255 g/mol. The number of aromatic nitrogens is 4. The molecule has 0 saturated heterocycles. The number of benzene rings is 1. The summed E-state index contributed by atoms with van der Waals surface area (Å²) in [5.74, 6) is 1.46. The van der Waals surface area contributed by atoms with Gasteiger partial charge in [0.2, 0.25) is 0 Å². The Hall–Kier alpha value is -2.47. The van der Waals surface area contributed by atoms with Crippen LogP contribution in [0.5, 0.6) is 5.75 Å². The van der Waals surface area contributed by atoms with Gasteiger partial charge in [-0.05, 0) is 30.2 Å². The third kappa shape index (κ3) is 2.25. The highest BCUT2D eigenvalue weighted by molar-refractivity contribution is 5.29. The van der Waals surface area contributed by atoms with Crippen LogP contribution in [0.2, 0.25) is 0 Å². The Balaban J connectivity index is 1.87. The van der Waals surface area contributed by atoms with E-state index in [1.165, 1.54) is 0 Å². The highest BCUT2D eigenvalue weighted by Gasteiger charge is 2.14. The van der Waals surface area contributed by atoms with Crippen molar-refractivity contribution in [3.05, 3.63) is 54.1 Å². The second kappa shape index (κ2) is 4.66. The smallest absolute Gasteiger partial charge is 0.254 e. The standard InChI is InChI=1S/C13H13N5O/c14-11(8-9-2-4-10(19)5-3-9)12-16-17-13-15-6-1-7-18(12)13/h1-7,11,19H,8,14H2. The quantitative estimate of drug-likeness (QED) is 0.730. The molecule has 3 N–H and O–H groups in total. The molecule has 6 nitrogen and oxygen atoms in total. The zero-order chi connectivity index (χ0) is 13.2. The van der Waals surface area contributed by atoms with Crippen LogP contribution in [0.25, 0.3) is 5.78 Å². The maximum atomic E-state index is 9.25. The number of hydrogen-bond acceptors (Lipinski definition) is 5. The van der Waals surface area contributed by atoms with Crippen molar-refractivity contribution in [3.8, 4) is 5.75 Å². The van der Waals surface area contributed by atoms with Gasteiger partial charge in [0.15, 0.2) is 5.82 Å². The second-order valence-corrected chi connectivity index (χ2v) is 4.32. The van der Waals surface area contributed by atoms with Gasteiger partial charge in [0.1, 0.15) is 5.75 Å². The zero-order valence-electron chi connectivity index (χ0n) is 10.1. The number of nitrogens with zero attached hydrogens (tertiary/aromatic N) is 4. The van der Waals surface area contributed by atoms with Crippen molar-refractivity contribution < 1.29 is 5.11 Å². The first-order chi connectivity index (χ1) is 9.24. The largest absolute Gasteiger partial charge is 0.508 e. The zero-order valence-corrected chi connectivity index (χ0v) is 10.1. The Labute approximate surface area is 109 Å². The Kier molecular flexibility index (Phi) is 2.85. The predicted octanol–water partition coefficient (Wildman–Crippen LogP) is 1.07. The minimum atomic E-state index is -0.274. The van der Waals surface area contributed by atoms with E-state index < -0.39 is 0 Å². The Morgan fingerprint density at radius 2 is 2.00 bits per heavy atom. The number of aromatic hydroxyl groups is 1. The summed E-state index contributed by atoms with van der Waals surface area (Å²) in [6.45, 7) is 0. The Morgan fingerprint density at radius 3 is 2.79 bits per heavy atom. The van der Waals surface area contributed by atoms with Gasteiger partial charge in [-0.2, -0.15) is 0 Å². The molecule has 0 amide bonds. The molecule has 0 radical (unpaired) electrons. The monoisotopic (exact) mass is 255 g/mol.